The number of rotatable bonds is 6. The smallest absolute Gasteiger partial charge is 0.000299 e. The van der Waals surface area contributed by atoms with Gasteiger partial charge in [0.2, 0.25) is 0 Å². The number of hydrogen-bond donors (Lipinski definition) is 1. The van der Waals surface area contributed by atoms with Crippen LogP contribution < -0.4 is 0 Å². The van der Waals surface area contributed by atoms with E-state index in [4.69, 9.17) is 0 Å². The zero-order valence-corrected chi connectivity index (χ0v) is 9.89. The molecule has 0 radical (unpaired) electrons. The lowest BCUT2D eigenvalue weighted by molar-refractivity contribution is 0.629. The minimum Gasteiger partial charge on any atom is -0.179 e. The molecular weight excluding hydrogens is 184 g/mol. The standard InChI is InChI=1S/C10H20S2/c1-9(2)3-6-12-8-10(7-11)4-5-10/h9,11H,3-8H2,1-2H3. The van der Waals surface area contributed by atoms with Crippen LogP contribution in [0.15, 0.2) is 0 Å². The van der Waals surface area contributed by atoms with E-state index in [1.165, 1.54) is 30.8 Å². The molecule has 1 saturated carbocycles. The molecule has 1 fully saturated rings. The van der Waals surface area contributed by atoms with Crippen molar-refractivity contribution in [2.24, 2.45) is 11.3 Å². The van der Waals surface area contributed by atoms with E-state index in [-0.39, 0.29) is 0 Å². The third kappa shape index (κ3) is 3.61. The molecule has 2 heteroatoms. The highest BCUT2D eigenvalue weighted by Gasteiger charge is 2.40. The van der Waals surface area contributed by atoms with E-state index in [1.54, 1.807) is 0 Å². The summed E-state index contributed by atoms with van der Waals surface area (Å²) < 4.78 is 0. The van der Waals surface area contributed by atoms with Gasteiger partial charge in [0.1, 0.15) is 0 Å². The molecule has 0 bridgehead atoms. The van der Waals surface area contributed by atoms with E-state index >= 15 is 0 Å². The third-order valence-electron chi connectivity index (χ3n) is 2.54. The summed E-state index contributed by atoms with van der Waals surface area (Å²) in [6.45, 7) is 4.60. The van der Waals surface area contributed by atoms with Gasteiger partial charge in [0.15, 0.2) is 0 Å². The summed E-state index contributed by atoms with van der Waals surface area (Å²) in [6.07, 6.45) is 4.21. The minimum absolute atomic E-state index is 0.657. The van der Waals surface area contributed by atoms with Gasteiger partial charge in [-0.1, -0.05) is 13.8 Å². The monoisotopic (exact) mass is 204 g/mol. The van der Waals surface area contributed by atoms with Gasteiger partial charge in [-0.25, -0.2) is 0 Å². The highest BCUT2D eigenvalue weighted by Crippen LogP contribution is 2.48. The molecule has 0 nitrogen and oxygen atoms in total. The van der Waals surface area contributed by atoms with E-state index in [0.717, 1.165) is 11.7 Å². The zero-order chi connectivity index (χ0) is 9.03. The Bertz CT molecular complexity index is 128. The first kappa shape index (κ1) is 10.8. The second kappa shape index (κ2) is 4.80. The molecule has 0 aromatic heterocycles. The topological polar surface area (TPSA) is 0 Å². The SMILES string of the molecule is CC(C)CCSCC1(CS)CC1. The average molecular weight is 204 g/mol. The van der Waals surface area contributed by atoms with Crippen molar-refractivity contribution in [1.82, 2.24) is 0 Å². The molecule has 0 aromatic carbocycles. The molecule has 12 heavy (non-hydrogen) atoms. The largest absolute Gasteiger partial charge is 0.179 e. The van der Waals surface area contributed by atoms with Crippen molar-refractivity contribution in [2.45, 2.75) is 33.1 Å². The predicted molar refractivity (Wildman–Crippen MR) is 62.3 cm³/mol. The van der Waals surface area contributed by atoms with Crippen molar-refractivity contribution in [3.8, 4) is 0 Å². The maximum atomic E-state index is 4.39. The van der Waals surface area contributed by atoms with E-state index in [1.807, 2.05) is 0 Å². The molecule has 72 valence electrons. The molecule has 0 unspecified atom stereocenters. The Morgan fingerprint density at radius 3 is 2.50 bits per heavy atom. The van der Waals surface area contributed by atoms with Gasteiger partial charge in [0.25, 0.3) is 0 Å². The van der Waals surface area contributed by atoms with Crippen molar-refractivity contribution in [3.05, 3.63) is 0 Å². The summed E-state index contributed by atoms with van der Waals surface area (Å²) in [7, 11) is 0. The first-order chi connectivity index (χ1) is 5.68. The van der Waals surface area contributed by atoms with Gasteiger partial charge >= 0.3 is 0 Å². The molecule has 0 aliphatic heterocycles. The molecule has 0 aromatic rings. The van der Waals surface area contributed by atoms with Gasteiger partial charge in [-0.05, 0) is 47.9 Å². The lowest BCUT2D eigenvalue weighted by atomic mass is 10.2. The van der Waals surface area contributed by atoms with Crippen molar-refractivity contribution in [2.75, 3.05) is 17.3 Å². The third-order valence-corrected chi connectivity index (χ3v) is 4.55. The molecular formula is C10H20S2. The van der Waals surface area contributed by atoms with Crippen LogP contribution in [0.1, 0.15) is 33.1 Å². The van der Waals surface area contributed by atoms with Gasteiger partial charge in [-0.2, -0.15) is 24.4 Å². The van der Waals surface area contributed by atoms with Crippen LogP contribution in [0.5, 0.6) is 0 Å². The van der Waals surface area contributed by atoms with Crippen molar-refractivity contribution in [1.29, 1.82) is 0 Å². The van der Waals surface area contributed by atoms with E-state index in [0.29, 0.717) is 5.41 Å². The first-order valence-corrected chi connectivity index (χ1v) is 6.66. The van der Waals surface area contributed by atoms with Crippen LogP contribution in [0.2, 0.25) is 0 Å². The van der Waals surface area contributed by atoms with Gasteiger partial charge in [0, 0.05) is 0 Å². The van der Waals surface area contributed by atoms with Crippen LogP contribution in [0.3, 0.4) is 0 Å². The Kier molecular flexibility index (Phi) is 4.31. The molecule has 0 saturated heterocycles. The maximum Gasteiger partial charge on any atom is -0.000299 e. The Hall–Kier alpha value is 0.700. The maximum absolute atomic E-state index is 4.39. The Labute approximate surface area is 86.3 Å². The van der Waals surface area contributed by atoms with Gasteiger partial charge < -0.3 is 0 Å². The lowest BCUT2D eigenvalue weighted by Gasteiger charge is -2.11. The second-order valence-electron chi connectivity index (χ2n) is 4.39. The fourth-order valence-electron chi connectivity index (χ4n) is 1.13. The molecule has 0 atom stereocenters. The van der Waals surface area contributed by atoms with Gasteiger partial charge in [-0.3, -0.25) is 0 Å². The summed E-state index contributed by atoms with van der Waals surface area (Å²) >= 11 is 6.52. The second-order valence-corrected chi connectivity index (χ2v) is 5.81. The van der Waals surface area contributed by atoms with Crippen LogP contribution in [-0.4, -0.2) is 17.3 Å². The number of thiol groups is 1. The highest BCUT2D eigenvalue weighted by atomic mass is 32.2. The van der Waals surface area contributed by atoms with Crippen LogP contribution in [0.4, 0.5) is 0 Å². The van der Waals surface area contributed by atoms with Crippen LogP contribution in [-0.2, 0) is 0 Å². The number of thioether (sulfide) groups is 1. The summed E-state index contributed by atoms with van der Waals surface area (Å²) in [5, 5.41) is 0. The van der Waals surface area contributed by atoms with Gasteiger partial charge in [0.05, 0.1) is 0 Å². The normalized spacial score (nSPS) is 20.0. The zero-order valence-electron chi connectivity index (χ0n) is 8.18. The summed E-state index contributed by atoms with van der Waals surface area (Å²) in [4.78, 5) is 0. The number of hydrogen-bond acceptors (Lipinski definition) is 2. The quantitative estimate of drug-likeness (QED) is 0.510. The molecule has 1 aliphatic carbocycles. The molecule has 0 heterocycles. The summed E-state index contributed by atoms with van der Waals surface area (Å²) in [5.74, 6) is 4.65. The first-order valence-electron chi connectivity index (χ1n) is 4.87. The summed E-state index contributed by atoms with van der Waals surface area (Å²) in [5.41, 5.74) is 0.657. The van der Waals surface area contributed by atoms with Crippen molar-refractivity contribution >= 4 is 24.4 Å². The van der Waals surface area contributed by atoms with Crippen molar-refractivity contribution in [3.63, 3.8) is 0 Å². The lowest BCUT2D eigenvalue weighted by Crippen LogP contribution is -2.06. The Morgan fingerprint density at radius 2 is 2.08 bits per heavy atom. The molecule has 0 N–H and O–H groups in total. The fourth-order valence-corrected chi connectivity index (χ4v) is 3.32. The Balaban J connectivity index is 1.95. The molecule has 0 amide bonds. The average Bonchev–Trinajstić information content (AvgIpc) is 2.79. The van der Waals surface area contributed by atoms with E-state index < -0.39 is 0 Å². The van der Waals surface area contributed by atoms with E-state index in [2.05, 4.69) is 38.2 Å². The molecule has 0 spiro atoms. The minimum atomic E-state index is 0.657. The van der Waals surface area contributed by atoms with Crippen molar-refractivity contribution < 1.29 is 0 Å². The highest BCUT2D eigenvalue weighted by molar-refractivity contribution is 7.99. The molecule has 1 aliphatic rings. The molecule has 1 rings (SSSR count). The van der Waals surface area contributed by atoms with Gasteiger partial charge in [-0.15, -0.1) is 0 Å². The summed E-state index contributed by atoms with van der Waals surface area (Å²) in [6, 6.07) is 0. The fraction of sp³-hybridized carbons (Fsp3) is 1.00. The predicted octanol–water partition coefficient (Wildman–Crippen LogP) is 3.48. The van der Waals surface area contributed by atoms with Crippen LogP contribution >= 0.6 is 24.4 Å². The van der Waals surface area contributed by atoms with E-state index in [9.17, 15) is 0 Å². The van der Waals surface area contributed by atoms with Crippen LogP contribution in [0, 0.1) is 11.3 Å². The Morgan fingerprint density at radius 1 is 1.42 bits per heavy atom. The van der Waals surface area contributed by atoms with Crippen LogP contribution in [0.25, 0.3) is 0 Å².